The van der Waals surface area contributed by atoms with Crippen molar-refractivity contribution < 1.29 is 38.4 Å². The number of para-hydroxylation sites is 1. The number of aliphatic hydroxyl groups is 1. The minimum absolute atomic E-state index is 0.146. The number of esters is 3. The minimum atomic E-state index is -2.23. The molecule has 57 heavy (non-hydrogen) atoms. The molecule has 1 saturated carbocycles. The van der Waals surface area contributed by atoms with Crippen LogP contribution in [0.25, 0.3) is 10.9 Å². The van der Waals surface area contributed by atoms with Crippen molar-refractivity contribution >= 4 is 28.8 Å². The quantitative estimate of drug-likeness (QED) is 0.233. The van der Waals surface area contributed by atoms with Gasteiger partial charge < -0.3 is 33.9 Å². The van der Waals surface area contributed by atoms with Gasteiger partial charge in [-0.3, -0.25) is 19.4 Å². The zero-order chi connectivity index (χ0) is 40.2. The number of ether oxygens (including phenoxy) is 4. The summed E-state index contributed by atoms with van der Waals surface area (Å²) in [7, 11) is 6.44. The maximum atomic E-state index is 14.5. The lowest BCUT2D eigenvalue weighted by molar-refractivity contribution is -0.245. The Bertz CT molecular complexity index is 2080. The number of nitrogens with one attached hydrogen (secondary N) is 1. The van der Waals surface area contributed by atoms with Crippen LogP contribution >= 0.6 is 0 Å². The van der Waals surface area contributed by atoms with Crippen LogP contribution < -0.4 is 0 Å². The molecule has 0 radical (unpaired) electrons. The molecular weight excluding hydrogens is 725 g/mol. The number of methoxy groups -OCH3 is 3. The van der Waals surface area contributed by atoms with E-state index in [0.717, 1.165) is 72.5 Å². The third-order valence-electron chi connectivity index (χ3n) is 15.6. The first-order chi connectivity index (χ1) is 27.4. The highest BCUT2D eigenvalue weighted by atomic mass is 16.6. The first-order valence-corrected chi connectivity index (χ1v) is 20.9. The molecule has 6 heterocycles. The van der Waals surface area contributed by atoms with Crippen molar-refractivity contribution in [1.29, 1.82) is 0 Å². The zero-order valence-corrected chi connectivity index (χ0v) is 34.3. The molecule has 2 N–H and O–H groups in total. The number of piperidine rings is 1. The number of allylic oxidation sites excluding steroid dienone is 1. The molecule has 1 aromatic carbocycles. The van der Waals surface area contributed by atoms with Crippen LogP contribution in [-0.2, 0) is 39.9 Å². The molecule has 3 fully saturated rings. The van der Waals surface area contributed by atoms with Crippen LogP contribution in [0.3, 0.4) is 0 Å². The molecule has 2 aromatic rings. The monoisotopic (exact) mass is 782 g/mol. The molecule has 2 aliphatic carbocycles. The normalized spacial score (nSPS) is 40.5. The number of carbonyl (C=O) groups excluding carboxylic acids is 3. The Morgan fingerprint density at radius 3 is 2.54 bits per heavy atom. The van der Waals surface area contributed by atoms with Crippen LogP contribution in [0, 0.1) is 34.5 Å². The van der Waals surface area contributed by atoms with E-state index in [9.17, 15) is 19.5 Å². The summed E-state index contributed by atoms with van der Waals surface area (Å²) in [5.41, 5.74) is 1.11. The van der Waals surface area contributed by atoms with Gasteiger partial charge in [0.1, 0.15) is 12.0 Å². The van der Waals surface area contributed by atoms with Gasteiger partial charge in [-0.15, -0.1) is 0 Å². The third-order valence-corrected chi connectivity index (χ3v) is 15.6. The topological polar surface area (TPSA) is 134 Å². The maximum Gasteiger partial charge on any atom is 0.344 e. The number of rotatable bonds is 7. The molecule has 9 rings (SSSR count). The molecule has 1 spiro atoms. The summed E-state index contributed by atoms with van der Waals surface area (Å²) in [6, 6.07) is 7.28. The second-order valence-electron chi connectivity index (χ2n) is 17.9. The largest absolute Gasteiger partial charge is 0.468 e. The van der Waals surface area contributed by atoms with Crippen LogP contribution in [0.4, 0.5) is 0 Å². The smallest absolute Gasteiger partial charge is 0.344 e. The molecule has 12 nitrogen and oxygen atoms in total. The highest BCUT2D eigenvalue weighted by molar-refractivity contribution is 5.89. The van der Waals surface area contributed by atoms with Crippen molar-refractivity contribution in [2.45, 2.75) is 88.8 Å². The standard InChI is InChI=1S/C45H58N4O8/c1-8-26-21-27-23-48(22-26)24-30-28-13-10-11-14-32(28)46-35(30)34(38(51)55-6)33(27)29-15-16-31-36(37(29)54-5)47(4)40-44(31)18-20-49-19-12-17-43(9-2,39(44)49)41(57-25(3)50)45(40,53)42(52)56-7/h10-17,26-27,29,33-34,37,39-41,46,53H,8-9,18-24H2,1-7H3/t26-,27-,29?,33-,34-,37?,39+,40?,41-,43-,44-,45+/m1/s1. The Morgan fingerprint density at radius 2 is 1.84 bits per heavy atom. The summed E-state index contributed by atoms with van der Waals surface area (Å²) in [5, 5.41) is 14.4. The fourth-order valence-electron chi connectivity index (χ4n) is 13.8. The van der Waals surface area contributed by atoms with Crippen molar-refractivity contribution in [3.8, 4) is 0 Å². The van der Waals surface area contributed by atoms with E-state index in [0.29, 0.717) is 25.3 Å². The summed E-state index contributed by atoms with van der Waals surface area (Å²) in [5.74, 6) is -2.14. The number of hydrogen-bond donors (Lipinski definition) is 2. The van der Waals surface area contributed by atoms with E-state index in [4.69, 9.17) is 18.9 Å². The van der Waals surface area contributed by atoms with Crippen molar-refractivity contribution in [1.82, 2.24) is 19.7 Å². The molecule has 4 unspecified atom stereocenters. The second-order valence-corrected chi connectivity index (χ2v) is 17.9. The number of carbonyl (C=O) groups is 3. The SMILES string of the molecule is CC[C@@H]1C[C@@H]2CN(Cc3c([nH]c4ccccc34)[C@H](C(=O)OC)[C@H]2C2C=CC3=C(C2OC)N(C)C2[C@]34CCN3CC=C[C@@](CC)([C@@H](OC(C)=O)[C@]2(O)C(=O)OC)[C@H]34)C1. The predicted molar refractivity (Wildman–Crippen MR) is 213 cm³/mol. The number of fused-ring (bicyclic) bond motifs is 5. The number of aromatic amines is 1. The molecule has 2 saturated heterocycles. The first-order valence-electron chi connectivity index (χ1n) is 20.9. The molecule has 12 heteroatoms. The number of benzene rings is 1. The van der Waals surface area contributed by atoms with E-state index in [1.165, 1.54) is 21.1 Å². The lowest BCUT2D eigenvalue weighted by atomic mass is 9.47. The lowest BCUT2D eigenvalue weighted by Gasteiger charge is -2.63. The van der Waals surface area contributed by atoms with Gasteiger partial charge in [0.05, 0.1) is 20.3 Å². The van der Waals surface area contributed by atoms with Gasteiger partial charge >= 0.3 is 17.9 Å². The van der Waals surface area contributed by atoms with Crippen LogP contribution in [0.5, 0.6) is 0 Å². The number of hydrogen-bond acceptors (Lipinski definition) is 11. The van der Waals surface area contributed by atoms with Crippen molar-refractivity contribution in [2.75, 3.05) is 54.6 Å². The van der Waals surface area contributed by atoms with Crippen LogP contribution in [0.15, 0.2) is 59.8 Å². The van der Waals surface area contributed by atoms with E-state index in [1.54, 1.807) is 7.11 Å². The van der Waals surface area contributed by atoms with Gasteiger partial charge in [0.2, 0.25) is 5.60 Å². The summed E-state index contributed by atoms with van der Waals surface area (Å²) in [6.07, 6.45) is 10.2. The second kappa shape index (κ2) is 13.8. The Kier molecular flexibility index (Phi) is 9.34. The number of likely N-dealkylation sites (N-methyl/N-ethyl adjacent to an activating group) is 1. The van der Waals surface area contributed by atoms with Gasteiger partial charge in [-0.05, 0) is 60.8 Å². The third kappa shape index (κ3) is 5.09. The molecule has 13 atom stereocenters. The Hall–Kier alpha value is -3.97. The summed E-state index contributed by atoms with van der Waals surface area (Å²) in [4.78, 5) is 52.6. The fraction of sp³-hybridized carbons (Fsp3) is 0.622. The van der Waals surface area contributed by atoms with Gasteiger partial charge in [-0.25, -0.2) is 4.79 Å². The summed E-state index contributed by atoms with van der Waals surface area (Å²) < 4.78 is 24.1. The fourth-order valence-corrected chi connectivity index (χ4v) is 13.8. The highest BCUT2D eigenvalue weighted by Crippen LogP contribution is 2.69. The van der Waals surface area contributed by atoms with Crippen molar-refractivity contribution in [2.24, 2.45) is 34.5 Å². The van der Waals surface area contributed by atoms with Gasteiger partial charge in [0, 0.05) is 92.3 Å². The molecule has 306 valence electrons. The van der Waals surface area contributed by atoms with Gasteiger partial charge in [0.15, 0.2) is 6.10 Å². The summed E-state index contributed by atoms with van der Waals surface area (Å²) in [6.45, 7) is 9.69. The molecule has 2 bridgehead atoms. The van der Waals surface area contributed by atoms with E-state index in [1.807, 2.05) is 20.0 Å². The van der Waals surface area contributed by atoms with Gasteiger partial charge in [0.25, 0.3) is 0 Å². The van der Waals surface area contributed by atoms with Gasteiger partial charge in [-0.2, -0.15) is 0 Å². The Labute approximate surface area is 335 Å². The van der Waals surface area contributed by atoms with Gasteiger partial charge in [-0.1, -0.05) is 62.8 Å². The maximum absolute atomic E-state index is 14.5. The predicted octanol–water partition coefficient (Wildman–Crippen LogP) is 4.55. The van der Waals surface area contributed by atoms with E-state index < -0.39 is 52.5 Å². The zero-order valence-electron chi connectivity index (χ0n) is 34.3. The molecule has 7 aliphatic rings. The van der Waals surface area contributed by atoms with Crippen molar-refractivity contribution in [3.63, 3.8) is 0 Å². The number of nitrogens with zero attached hydrogens (tertiary/aromatic N) is 3. The van der Waals surface area contributed by atoms with E-state index in [-0.39, 0.29) is 29.8 Å². The highest BCUT2D eigenvalue weighted by Gasteiger charge is 2.81. The first kappa shape index (κ1) is 38.5. The van der Waals surface area contributed by atoms with Crippen LogP contribution in [-0.4, -0.2) is 127 Å². The molecule has 0 amide bonds. The molecule has 1 aromatic heterocycles. The van der Waals surface area contributed by atoms with Crippen LogP contribution in [0.1, 0.15) is 63.6 Å². The van der Waals surface area contributed by atoms with E-state index in [2.05, 4.69) is 69.1 Å². The summed E-state index contributed by atoms with van der Waals surface area (Å²) >= 11 is 0. The molecular formula is C45H58N4O8. The van der Waals surface area contributed by atoms with Crippen molar-refractivity contribution in [3.05, 3.63) is 71.1 Å². The number of H-pyrrole nitrogens is 1. The Morgan fingerprint density at radius 1 is 1.05 bits per heavy atom. The average molecular weight is 783 g/mol. The lowest BCUT2D eigenvalue weighted by Crippen LogP contribution is -2.80. The Balaban J connectivity index is 1.24. The number of aromatic nitrogens is 1. The molecule has 5 aliphatic heterocycles. The van der Waals surface area contributed by atoms with E-state index >= 15 is 0 Å². The minimum Gasteiger partial charge on any atom is -0.468 e. The van der Waals surface area contributed by atoms with Crippen LogP contribution in [0.2, 0.25) is 0 Å². The average Bonchev–Trinajstić information content (AvgIpc) is 3.86.